The lowest BCUT2D eigenvalue weighted by molar-refractivity contribution is 0.398. The van der Waals surface area contributed by atoms with E-state index in [1.807, 2.05) is 12.4 Å². The molecule has 1 aromatic heterocycles. The van der Waals surface area contributed by atoms with Crippen molar-refractivity contribution in [1.82, 2.24) is 4.98 Å². The fourth-order valence-corrected chi connectivity index (χ4v) is 7.11. The maximum atomic E-state index is 4.29. The number of aromatic nitrogens is 1. The molecule has 5 rings (SSSR count). The van der Waals surface area contributed by atoms with Gasteiger partial charge in [-0.3, -0.25) is 4.98 Å². The Morgan fingerprint density at radius 1 is 0.463 bits per heavy atom. The standard InChI is InChI=1S/C40H49N/c1-3-5-7-9-11-16-26-40(27-17-12-10-8-6-4-2)38-30-34(32-18-14-13-15-19-32)20-22-36(38)37-23-21-35(31-39(37)40)33-24-28-41-29-25-33/h13-15,18-25,28-31H,3-12,16-17,26-27H2,1-2H3. The van der Waals surface area contributed by atoms with Crippen molar-refractivity contribution < 1.29 is 0 Å². The highest BCUT2D eigenvalue weighted by molar-refractivity contribution is 5.86. The molecule has 0 amide bonds. The van der Waals surface area contributed by atoms with Gasteiger partial charge in [-0.2, -0.15) is 0 Å². The quantitative estimate of drug-likeness (QED) is 0.128. The molecule has 214 valence electrons. The van der Waals surface area contributed by atoms with Crippen molar-refractivity contribution in [1.29, 1.82) is 0 Å². The zero-order chi connectivity index (χ0) is 28.3. The molecule has 0 saturated carbocycles. The summed E-state index contributed by atoms with van der Waals surface area (Å²) in [6, 6.07) is 29.9. The van der Waals surface area contributed by atoms with E-state index in [0.717, 1.165) is 0 Å². The van der Waals surface area contributed by atoms with Crippen LogP contribution in [-0.4, -0.2) is 4.98 Å². The number of pyridine rings is 1. The van der Waals surface area contributed by atoms with Crippen LogP contribution < -0.4 is 0 Å². The highest BCUT2D eigenvalue weighted by Crippen LogP contribution is 2.55. The van der Waals surface area contributed by atoms with Crippen LogP contribution in [0.15, 0.2) is 91.3 Å². The molecule has 0 fully saturated rings. The van der Waals surface area contributed by atoms with Crippen molar-refractivity contribution >= 4 is 0 Å². The summed E-state index contributed by atoms with van der Waals surface area (Å²) < 4.78 is 0. The number of rotatable bonds is 16. The van der Waals surface area contributed by atoms with Crippen LogP contribution in [-0.2, 0) is 5.41 Å². The van der Waals surface area contributed by atoms with E-state index < -0.39 is 0 Å². The Balaban J connectivity index is 1.55. The molecular weight excluding hydrogens is 494 g/mol. The molecular formula is C40H49N. The molecule has 0 unspecified atom stereocenters. The summed E-state index contributed by atoms with van der Waals surface area (Å²) in [5.41, 5.74) is 11.4. The van der Waals surface area contributed by atoms with Gasteiger partial charge >= 0.3 is 0 Å². The van der Waals surface area contributed by atoms with Crippen molar-refractivity contribution in [2.45, 2.75) is 109 Å². The Bertz CT molecular complexity index is 1250. The Morgan fingerprint density at radius 3 is 1.44 bits per heavy atom. The molecule has 0 atom stereocenters. The van der Waals surface area contributed by atoms with Crippen molar-refractivity contribution in [3.8, 4) is 33.4 Å². The lowest BCUT2D eigenvalue weighted by Crippen LogP contribution is -2.25. The van der Waals surface area contributed by atoms with Gasteiger partial charge in [-0.05, 0) is 81.6 Å². The minimum absolute atomic E-state index is 0.0774. The summed E-state index contributed by atoms with van der Waals surface area (Å²) in [5, 5.41) is 0. The Kier molecular flexibility index (Phi) is 10.5. The molecule has 1 aliphatic carbocycles. The highest BCUT2D eigenvalue weighted by atomic mass is 14.6. The summed E-state index contributed by atoms with van der Waals surface area (Å²) >= 11 is 0. The van der Waals surface area contributed by atoms with Crippen LogP contribution in [0, 0.1) is 0 Å². The zero-order valence-electron chi connectivity index (χ0n) is 25.5. The van der Waals surface area contributed by atoms with Crippen LogP contribution in [0.5, 0.6) is 0 Å². The summed E-state index contributed by atoms with van der Waals surface area (Å²) in [6.45, 7) is 4.62. The molecule has 1 heterocycles. The average Bonchev–Trinajstić information content (AvgIpc) is 3.30. The maximum absolute atomic E-state index is 4.29. The fraction of sp³-hybridized carbons (Fsp3) is 0.425. The molecule has 0 spiro atoms. The molecule has 1 aliphatic rings. The van der Waals surface area contributed by atoms with E-state index in [9.17, 15) is 0 Å². The van der Waals surface area contributed by atoms with Crippen molar-refractivity contribution in [3.63, 3.8) is 0 Å². The van der Waals surface area contributed by atoms with Crippen molar-refractivity contribution in [2.75, 3.05) is 0 Å². The molecule has 4 aromatic rings. The third kappa shape index (κ3) is 6.83. The van der Waals surface area contributed by atoms with E-state index >= 15 is 0 Å². The van der Waals surface area contributed by atoms with Gasteiger partial charge in [-0.25, -0.2) is 0 Å². The Labute approximate surface area is 249 Å². The van der Waals surface area contributed by atoms with E-state index in [4.69, 9.17) is 0 Å². The van der Waals surface area contributed by atoms with Gasteiger partial charge in [-0.15, -0.1) is 0 Å². The van der Waals surface area contributed by atoms with Crippen LogP contribution in [0.4, 0.5) is 0 Å². The van der Waals surface area contributed by atoms with Gasteiger partial charge in [0.1, 0.15) is 0 Å². The van der Waals surface area contributed by atoms with Crippen LogP contribution in [0.25, 0.3) is 33.4 Å². The molecule has 1 heteroatoms. The first-order valence-corrected chi connectivity index (χ1v) is 16.5. The second-order valence-corrected chi connectivity index (χ2v) is 12.2. The van der Waals surface area contributed by atoms with Crippen LogP contribution >= 0.6 is 0 Å². The monoisotopic (exact) mass is 543 g/mol. The lowest BCUT2D eigenvalue weighted by atomic mass is 9.70. The summed E-state index contributed by atoms with van der Waals surface area (Å²) in [4.78, 5) is 4.29. The first-order valence-electron chi connectivity index (χ1n) is 16.5. The number of fused-ring (bicyclic) bond motifs is 3. The minimum atomic E-state index is 0.0774. The van der Waals surface area contributed by atoms with Gasteiger partial charge in [-0.1, -0.05) is 145 Å². The van der Waals surface area contributed by atoms with Crippen molar-refractivity contribution in [2.24, 2.45) is 0 Å². The third-order valence-electron chi connectivity index (χ3n) is 9.40. The van der Waals surface area contributed by atoms with E-state index in [2.05, 4.69) is 97.7 Å². The summed E-state index contributed by atoms with van der Waals surface area (Å²) in [6.07, 6.45) is 22.4. The predicted octanol–water partition coefficient (Wildman–Crippen LogP) is 12.2. The summed E-state index contributed by atoms with van der Waals surface area (Å²) in [7, 11) is 0. The molecule has 0 N–H and O–H groups in total. The molecule has 3 aromatic carbocycles. The normalized spacial score (nSPS) is 13.2. The van der Waals surface area contributed by atoms with Gasteiger partial charge in [0.05, 0.1) is 0 Å². The molecule has 0 aliphatic heterocycles. The molecule has 41 heavy (non-hydrogen) atoms. The Hall–Kier alpha value is -3.19. The lowest BCUT2D eigenvalue weighted by Gasteiger charge is -2.33. The van der Waals surface area contributed by atoms with E-state index in [-0.39, 0.29) is 5.41 Å². The first-order chi connectivity index (χ1) is 20.3. The number of unbranched alkanes of at least 4 members (excludes halogenated alkanes) is 10. The number of nitrogens with zero attached hydrogens (tertiary/aromatic N) is 1. The third-order valence-corrected chi connectivity index (χ3v) is 9.40. The van der Waals surface area contributed by atoms with Crippen LogP contribution in [0.1, 0.15) is 115 Å². The SMILES string of the molecule is CCCCCCCCC1(CCCCCCCC)c2cc(-c3ccccc3)ccc2-c2ccc(-c3ccncc3)cc21. The van der Waals surface area contributed by atoms with Crippen molar-refractivity contribution in [3.05, 3.63) is 102 Å². The molecule has 0 saturated heterocycles. The molecule has 0 radical (unpaired) electrons. The number of hydrogen-bond donors (Lipinski definition) is 0. The maximum Gasteiger partial charge on any atom is 0.0273 e. The van der Waals surface area contributed by atoms with E-state index in [0.29, 0.717) is 0 Å². The Morgan fingerprint density at radius 2 is 0.927 bits per heavy atom. The largest absolute Gasteiger partial charge is 0.265 e. The molecule has 0 bridgehead atoms. The van der Waals surface area contributed by atoms with E-state index in [1.165, 1.54) is 123 Å². The average molecular weight is 544 g/mol. The fourth-order valence-electron chi connectivity index (χ4n) is 7.11. The van der Waals surface area contributed by atoms with Crippen LogP contribution in [0.2, 0.25) is 0 Å². The molecule has 1 nitrogen and oxygen atoms in total. The van der Waals surface area contributed by atoms with Gasteiger partial charge in [0.2, 0.25) is 0 Å². The number of benzene rings is 3. The van der Waals surface area contributed by atoms with Gasteiger partial charge in [0.25, 0.3) is 0 Å². The minimum Gasteiger partial charge on any atom is -0.265 e. The first kappa shape index (κ1) is 29.3. The van der Waals surface area contributed by atoms with Gasteiger partial charge in [0.15, 0.2) is 0 Å². The highest BCUT2D eigenvalue weighted by Gasteiger charge is 2.42. The predicted molar refractivity (Wildman–Crippen MR) is 177 cm³/mol. The zero-order valence-corrected chi connectivity index (χ0v) is 25.5. The second kappa shape index (κ2) is 14.6. The van der Waals surface area contributed by atoms with Gasteiger partial charge < -0.3 is 0 Å². The van der Waals surface area contributed by atoms with E-state index in [1.54, 1.807) is 11.1 Å². The smallest absolute Gasteiger partial charge is 0.0273 e. The second-order valence-electron chi connectivity index (χ2n) is 12.2. The summed E-state index contributed by atoms with van der Waals surface area (Å²) in [5.74, 6) is 0. The topological polar surface area (TPSA) is 12.9 Å². The van der Waals surface area contributed by atoms with Gasteiger partial charge in [0, 0.05) is 17.8 Å². The van der Waals surface area contributed by atoms with Crippen LogP contribution in [0.3, 0.4) is 0 Å². The number of hydrogen-bond acceptors (Lipinski definition) is 1.